The number of hydrogen-bond acceptors (Lipinski definition) is 4. The lowest BCUT2D eigenvalue weighted by atomic mass is 10.1. The maximum Gasteiger partial charge on any atom is 0.323 e. The maximum absolute atomic E-state index is 12.2. The van der Waals surface area contributed by atoms with Gasteiger partial charge in [-0.15, -0.1) is 0 Å². The number of primary amides is 1. The lowest BCUT2D eigenvalue weighted by molar-refractivity contribution is 0.100. The van der Waals surface area contributed by atoms with Crippen molar-refractivity contribution in [1.29, 1.82) is 0 Å². The Morgan fingerprint density at radius 3 is 2.33 bits per heavy atom. The molecule has 1 heterocycles. The van der Waals surface area contributed by atoms with Crippen LogP contribution < -0.4 is 22.1 Å². The SMILES string of the molecule is Cc1ccccc1NC(=O)Nc1ccc(-c2nn(C)c(N)c2C(N)=O)cc1. The van der Waals surface area contributed by atoms with Crippen LogP contribution in [0.3, 0.4) is 0 Å². The first-order chi connectivity index (χ1) is 12.9. The molecule has 3 rings (SSSR count). The summed E-state index contributed by atoms with van der Waals surface area (Å²) < 4.78 is 1.40. The van der Waals surface area contributed by atoms with Crippen molar-refractivity contribution in [2.45, 2.75) is 6.92 Å². The Hall–Kier alpha value is -3.81. The number of urea groups is 1. The predicted molar refractivity (Wildman–Crippen MR) is 105 cm³/mol. The van der Waals surface area contributed by atoms with E-state index in [9.17, 15) is 9.59 Å². The molecule has 0 spiro atoms. The van der Waals surface area contributed by atoms with E-state index in [1.54, 1.807) is 31.3 Å². The van der Waals surface area contributed by atoms with Crippen LogP contribution in [0.4, 0.5) is 22.0 Å². The second-order valence-electron chi connectivity index (χ2n) is 6.07. The number of rotatable bonds is 4. The highest BCUT2D eigenvalue weighted by Gasteiger charge is 2.20. The fourth-order valence-corrected chi connectivity index (χ4v) is 2.69. The lowest BCUT2D eigenvalue weighted by Gasteiger charge is -2.10. The molecule has 3 aromatic rings. The van der Waals surface area contributed by atoms with E-state index in [0.717, 1.165) is 11.3 Å². The molecule has 8 nitrogen and oxygen atoms in total. The normalized spacial score (nSPS) is 10.4. The summed E-state index contributed by atoms with van der Waals surface area (Å²) >= 11 is 0. The molecular formula is C19H20N6O2. The largest absolute Gasteiger partial charge is 0.383 e. The number of aryl methyl sites for hydroxylation is 2. The van der Waals surface area contributed by atoms with Crippen LogP contribution in [0.2, 0.25) is 0 Å². The van der Waals surface area contributed by atoms with Crippen LogP contribution >= 0.6 is 0 Å². The lowest BCUT2D eigenvalue weighted by Crippen LogP contribution is -2.19. The minimum absolute atomic E-state index is 0.176. The molecule has 27 heavy (non-hydrogen) atoms. The van der Waals surface area contributed by atoms with Crippen molar-refractivity contribution in [2.75, 3.05) is 16.4 Å². The minimum atomic E-state index is -0.643. The number of amides is 3. The standard InChI is InChI=1S/C19H20N6O2/c1-11-5-3-4-6-14(11)23-19(27)22-13-9-7-12(8-10-13)16-15(18(21)26)17(20)25(2)24-16/h3-10H,20H2,1-2H3,(H2,21,26)(H2,22,23,27). The van der Waals surface area contributed by atoms with Gasteiger partial charge in [0.05, 0.1) is 0 Å². The highest BCUT2D eigenvalue weighted by Crippen LogP contribution is 2.27. The van der Waals surface area contributed by atoms with Crippen molar-refractivity contribution >= 4 is 29.1 Å². The highest BCUT2D eigenvalue weighted by atomic mass is 16.2. The topological polar surface area (TPSA) is 128 Å². The van der Waals surface area contributed by atoms with E-state index < -0.39 is 5.91 Å². The molecule has 6 N–H and O–H groups in total. The molecule has 0 fully saturated rings. The molecule has 0 atom stereocenters. The summed E-state index contributed by atoms with van der Waals surface area (Å²) in [4.78, 5) is 23.8. The van der Waals surface area contributed by atoms with Gasteiger partial charge in [-0.2, -0.15) is 5.10 Å². The van der Waals surface area contributed by atoms with E-state index in [1.165, 1.54) is 4.68 Å². The first-order valence-electron chi connectivity index (χ1n) is 8.23. The van der Waals surface area contributed by atoms with Crippen molar-refractivity contribution in [3.8, 4) is 11.3 Å². The zero-order chi connectivity index (χ0) is 19.6. The van der Waals surface area contributed by atoms with Crippen LogP contribution in [0.5, 0.6) is 0 Å². The van der Waals surface area contributed by atoms with Gasteiger partial charge in [0.2, 0.25) is 0 Å². The van der Waals surface area contributed by atoms with Gasteiger partial charge >= 0.3 is 6.03 Å². The zero-order valence-electron chi connectivity index (χ0n) is 15.0. The van der Waals surface area contributed by atoms with Gasteiger partial charge in [-0.25, -0.2) is 4.79 Å². The molecule has 0 bridgehead atoms. The predicted octanol–water partition coefficient (Wildman–Crippen LogP) is 2.72. The smallest absolute Gasteiger partial charge is 0.323 e. The summed E-state index contributed by atoms with van der Waals surface area (Å²) in [6.07, 6.45) is 0. The van der Waals surface area contributed by atoms with Gasteiger partial charge in [-0.1, -0.05) is 30.3 Å². The summed E-state index contributed by atoms with van der Waals surface area (Å²) in [5, 5.41) is 9.80. The van der Waals surface area contributed by atoms with Crippen molar-refractivity contribution in [3.63, 3.8) is 0 Å². The van der Waals surface area contributed by atoms with Gasteiger partial charge in [0, 0.05) is 24.0 Å². The average Bonchev–Trinajstić information content (AvgIpc) is 2.93. The first-order valence-corrected chi connectivity index (χ1v) is 8.23. The van der Waals surface area contributed by atoms with Crippen LogP contribution in [0.15, 0.2) is 48.5 Å². The molecule has 3 amide bonds. The van der Waals surface area contributed by atoms with E-state index in [2.05, 4.69) is 15.7 Å². The molecule has 1 aromatic heterocycles. The number of aromatic nitrogens is 2. The number of nitrogens with one attached hydrogen (secondary N) is 2. The molecule has 0 saturated heterocycles. The van der Waals surface area contributed by atoms with E-state index in [4.69, 9.17) is 11.5 Å². The number of hydrogen-bond donors (Lipinski definition) is 4. The third-order valence-electron chi connectivity index (χ3n) is 4.15. The molecule has 0 saturated carbocycles. The summed E-state index contributed by atoms with van der Waals surface area (Å²) in [6, 6.07) is 14.0. The fraction of sp³-hybridized carbons (Fsp3) is 0.105. The highest BCUT2D eigenvalue weighted by molar-refractivity contribution is 6.03. The number of para-hydroxylation sites is 1. The Kier molecular flexibility index (Phi) is 4.80. The van der Waals surface area contributed by atoms with E-state index in [1.807, 2.05) is 31.2 Å². The van der Waals surface area contributed by atoms with Gasteiger partial charge < -0.3 is 22.1 Å². The second-order valence-corrected chi connectivity index (χ2v) is 6.07. The Morgan fingerprint density at radius 1 is 1.04 bits per heavy atom. The maximum atomic E-state index is 12.2. The molecule has 8 heteroatoms. The Morgan fingerprint density at radius 2 is 1.70 bits per heavy atom. The quantitative estimate of drug-likeness (QED) is 0.567. The van der Waals surface area contributed by atoms with E-state index >= 15 is 0 Å². The number of benzene rings is 2. The molecule has 2 aromatic carbocycles. The van der Waals surface area contributed by atoms with E-state index in [-0.39, 0.29) is 17.4 Å². The number of nitrogens with two attached hydrogens (primary N) is 2. The molecule has 0 radical (unpaired) electrons. The summed E-state index contributed by atoms with van der Waals surface area (Å²) in [5.41, 5.74) is 14.8. The van der Waals surface area contributed by atoms with Crippen LogP contribution in [0.25, 0.3) is 11.3 Å². The van der Waals surface area contributed by atoms with Crippen LogP contribution in [-0.2, 0) is 7.05 Å². The number of carbonyl (C=O) groups excluding carboxylic acids is 2. The Labute approximate surface area is 156 Å². The van der Waals surface area contributed by atoms with Crippen LogP contribution in [-0.4, -0.2) is 21.7 Å². The Bertz CT molecular complexity index is 1010. The summed E-state index contributed by atoms with van der Waals surface area (Å²) in [6.45, 7) is 1.92. The van der Waals surface area contributed by atoms with Crippen LogP contribution in [0.1, 0.15) is 15.9 Å². The van der Waals surface area contributed by atoms with Crippen molar-refractivity contribution in [2.24, 2.45) is 12.8 Å². The third kappa shape index (κ3) is 3.74. The Balaban J connectivity index is 1.76. The minimum Gasteiger partial charge on any atom is -0.383 e. The van der Waals surface area contributed by atoms with Crippen molar-refractivity contribution < 1.29 is 9.59 Å². The number of anilines is 3. The van der Waals surface area contributed by atoms with Crippen molar-refractivity contribution in [1.82, 2.24) is 9.78 Å². The number of nitrogen functional groups attached to an aromatic ring is 1. The van der Waals surface area contributed by atoms with Gasteiger partial charge in [-0.3, -0.25) is 9.48 Å². The van der Waals surface area contributed by atoms with Gasteiger partial charge in [0.15, 0.2) is 0 Å². The molecule has 0 aliphatic carbocycles. The van der Waals surface area contributed by atoms with E-state index in [0.29, 0.717) is 16.9 Å². The third-order valence-corrected chi connectivity index (χ3v) is 4.15. The van der Waals surface area contributed by atoms with Gasteiger partial charge in [-0.05, 0) is 30.7 Å². The molecule has 138 valence electrons. The van der Waals surface area contributed by atoms with Crippen molar-refractivity contribution in [3.05, 3.63) is 59.7 Å². The first kappa shape index (κ1) is 18.0. The number of nitrogens with zero attached hydrogens (tertiary/aromatic N) is 2. The molecule has 0 aliphatic rings. The molecule has 0 unspecified atom stereocenters. The monoisotopic (exact) mass is 364 g/mol. The number of carbonyl (C=O) groups is 2. The summed E-state index contributed by atoms with van der Waals surface area (Å²) in [5.74, 6) is -0.437. The molecule has 0 aliphatic heterocycles. The van der Waals surface area contributed by atoms with Gasteiger partial charge in [0.25, 0.3) is 5.91 Å². The second kappa shape index (κ2) is 7.20. The summed E-state index contributed by atoms with van der Waals surface area (Å²) in [7, 11) is 1.64. The molecular weight excluding hydrogens is 344 g/mol. The van der Waals surface area contributed by atoms with Gasteiger partial charge in [0.1, 0.15) is 17.1 Å². The fourth-order valence-electron chi connectivity index (χ4n) is 2.69. The van der Waals surface area contributed by atoms with Crippen LogP contribution in [0, 0.1) is 6.92 Å². The zero-order valence-corrected chi connectivity index (χ0v) is 15.0. The average molecular weight is 364 g/mol.